The van der Waals surface area contributed by atoms with Gasteiger partial charge in [0.1, 0.15) is 17.9 Å². The van der Waals surface area contributed by atoms with E-state index in [0.29, 0.717) is 17.3 Å². The van der Waals surface area contributed by atoms with Gasteiger partial charge in [0.15, 0.2) is 0 Å². The molecule has 3 rings (SSSR count). The van der Waals surface area contributed by atoms with E-state index in [9.17, 15) is 0 Å². The molecular formula is C14H18ClN5O. The van der Waals surface area contributed by atoms with Crippen molar-refractivity contribution < 1.29 is 4.74 Å². The van der Waals surface area contributed by atoms with Crippen LogP contribution < -0.4 is 10.5 Å². The molecule has 0 radical (unpaired) electrons. The standard InChI is InChI=1S/C14H18ClN5O/c1-21-13-3-2-10(6-11(13)15)12(7-16)19-4-5-20-9-17-18-14(20)8-19/h2-3,6,9,12H,4-5,7-8,16H2,1H3. The summed E-state index contributed by atoms with van der Waals surface area (Å²) in [7, 11) is 1.61. The van der Waals surface area contributed by atoms with E-state index >= 15 is 0 Å². The van der Waals surface area contributed by atoms with E-state index in [1.54, 1.807) is 13.4 Å². The molecule has 0 saturated heterocycles. The van der Waals surface area contributed by atoms with E-state index in [1.165, 1.54) is 0 Å². The second-order valence-electron chi connectivity index (χ2n) is 5.06. The minimum absolute atomic E-state index is 0.110. The summed E-state index contributed by atoms with van der Waals surface area (Å²) in [6.07, 6.45) is 1.77. The van der Waals surface area contributed by atoms with Gasteiger partial charge < -0.3 is 15.0 Å². The summed E-state index contributed by atoms with van der Waals surface area (Å²) in [5, 5.41) is 8.70. The highest BCUT2D eigenvalue weighted by molar-refractivity contribution is 6.32. The smallest absolute Gasteiger partial charge is 0.147 e. The van der Waals surface area contributed by atoms with Gasteiger partial charge in [0.05, 0.1) is 18.7 Å². The van der Waals surface area contributed by atoms with Gasteiger partial charge in [0, 0.05) is 25.7 Å². The van der Waals surface area contributed by atoms with Crippen LogP contribution in [0.2, 0.25) is 5.02 Å². The molecule has 6 nitrogen and oxygen atoms in total. The maximum Gasteiger partial charge on any atom is 0.147 e. The van der Waals surface area contributed by atoms with Gasteiger partial charge in [-0.05, 0) is 17.7 Å². The van der Waals surface area contributed by atoms with Gasteiger partial charge in [-0.15, -0.1) is 10.2 Å². The Bertz CT molecular complexity index is 630. The van der Waals surface area contributed by atoms with E-state index in [4.69, 9.17) is 22.1 Å². The number of hydrogen-bond donors (Lipinski definition) is 1. The van der Waals surface area contributed by atoms with Crippen molar-refractivity contribution in [2.24, 2.45) is 5.73 Å². The van der Waals surface area contributed by atoms with Gasteiger partial charge in [0.25, 0.3) is 0 Å². The number of halogens is 1. The number of hydrogen-bond acceptors (Lipinski definition) is 5. The predicted octanol–water partition coefficient (Wildman–Crippen LogP) is 1.46. The van der Waals surface area contributed by atoms with Crippen LogP contribution in [-0.4, -0.2) is 39.9 Å². The third kappa shape index (κ3) is 2.74. The average molecular weight is 308 g/mol. The van der Waals surface area contributed by atoms with E-state index in [-0.39, 0.29) is 6.04 Å². The van der Waals surface area contributed by atoms with Crippen molar-refractivity contribution in [3.05, 3.63) is 40.9 Å². The van der Waals surface area contributed by atoms with Gasteiger partial charge in [-0.3, -0.25) is 4.90 Å². The Balaban J connectivity index is 1.84. The molecule has 21 heavy (non-hydrogen) atoms. The van der Waals surface area contributed by atoms with Crippen LogP contribution in [0.15, 0.2) is 24.5 Å². The Kier molecular flexibility index (Phi) is 4.10. The Morgan fingerprint density at radius 1 is 1.43 bits per heavy atom. The van der Waals surface area contributed by atoms with E-state index < -0.39 is 0 Å². The lowest BCUT2D eigenvalue weighted by Crippen LogP contribution is -2.39. The number of nitrogens with zero attached hydrogens (tertiary/aromatic N) is 4. The summed E-state index contributed by atoms with van der Waals surface area (Å²) in [6, 6.07) is 5.94. The van der Waals surface area contributed by atoms with Crippen molar-refractivity contribution in [2.75, 3.05) is 20.2 Å². The zero-order chi connectivity index (χ0) is 14.8. The fourth-order valence-corrected chi connectivity index (χ4v) is 3.00. The maximum atomic E-state index is 6.22. The van der Waals surface area contributed by atoms with Crippen LogP contribution in [0.1, 0.15) is 17.4 Å². The zero-order valence-corrected chi connectivity index (χ0v) is 12.6. The molecule has 1 aliphatic rings. The minimum atomic E-state index is 0.110. The highest BCUT2D eigenvalue weighted by Gasteiger charge is 2.25. The highest BCUT2D eigenvalue weighted by Crippen LogP contribution is 2.30. The Morgan fingerprint density at radius 3 is 3.00 bits per heavy atom. The molecule has 1 aliphatic heterocycles. The van der Waals surface area contributed by atoms with Gasteiger partial charge in [-0.1, -0.05) is 17.7 Å². The Hall–Kier alpha value is -1.63. The Labute approximate surface area is 128 Å². The summed E-state index contributed by atoms with van der Waals surface area (Å²) >= 11 is 6.22. The third-order valence-electron chi connectivity index (χ3n) is 3.89. The maximum absolute atomic E-state index is 6.22. The van der Waals surface area contributed by atoms with Gasteiger partial charge in [0.2, 0.25) is 0 Å². The first-order chi connectivity index (χ1) is 10.2. The van der Waals surface area contributed by atoms with Crippen molar-refractivity contribution in [3.63, 3.8) is 0 Å². The quantitative estimate of drug-likeness (QED) is 0.926. The summed E-state index contributed by atoms with van der Waals surface area (Å²) < 4.78 is 7.27. The van der Waals surface area contributed by atoms with Crippen LogP contribution in [-0.2, 0) is 13.1 Å². The first kappa shape index (κ1) is 14.3. The number of methoxy groups -OCH3 is 1. The first-order valence-electron chi connectivity index (χ1n) is 6.87. The van der Waals surface area contributed by atoms with Crippen LogP contribution in [0.4, 0.5) is 0 Å². The number of benzene rings is 1. The summed E-state index contributed by atoms with van der Waals surface area (Å²) in [4.78, 5) is 2.31. The lowest BCUT2D eigenvalue weighted by Gasteiger charge is -2.34. The SMILES string of the molecule is COc1ccc(C(CN)N2CCn3cnnc3C2)cc1Cl. The minimum Gasteiger partial charge on any atom is -0.495 e. The Morgan fingerprint density at radius 2 is 2.29 bits per heavy atom. The van der Waals surface area contributed by atoms with E-state index in [0.717, 1.165) is 31.0 Å². The van der Waals surface area contributed by atoms with Crippen LogP contribution in [0.25, 0.3) is 0 Å². The van der Waals surface area contributed by atoms with E-state index in [1.807, 2.05) is 18.2 Å². The number of aromatic nitrogens is 3. The van der Waals surface area contributed by atoms with Gasteiger partial charge in [-0.2, -0.15) is 0 Å². The molecule has 0 amide bonds. The van der Waals surface area contributed by atoms with E-state index in [2.05, 4.69) is 19.7 Å². The molecule has 7 heteroatoms. The topological polar surface area (TPSA) is 69.2 Å². The molecule has 2 heterocycles. The molecule has 1 atom stereocenters. The van der Waals surface area contributed by atoms with Crippen molar-refractivity contribution in [2.45, 2.75) is 19.1 Å². The van der Waals surface area contributed by atoms with Crippen LogP contribution in [0.3, 0.4) is 0 Å². The second-order valence-corrected chi connectivity index (χ2v) is 5.46. The molecule has 0 spiro atoms. The molecule has 112 valence electrons. The molecule has 2 aromatic rings. The van der Waals surface area contributed by atoms with Crippen molar-refractivity contribution in [3.8, 4) is 5.75 Å². The molecule has 2 N–H and O–H groups in total. The normalized spacial score (nSPS) is 16.5. The van der Waals surface area contributed by atoms with Crippen molar-refractivity contribution in [1.82, 2.24) is 19.7 Å². The molecular weight excluding hydrogens is 290 g/mol. The highest BCUT2D eigenvalue weighted by atomic mass is 35.5. The molecule has 1 aromatic heterocycles. The summed E-state index contributed by atoms with van der Waals surface area (Å²) in [6.45, 7) is 3.06. The number of ether oxygens (including phenoxy) is 1. The molecule has 0 fully saturated rings. The third-order valence-corrected chi connectivity index (χ3v) is 4.19. The van der Waals surface area contributed by atoms with Gasteiger partial charge >= 0.3 is 0 Å². The first-order valence-corrected chi connectivity index (χ1v) is 7.25. The van der Waals surface area contributed by atoms with Crippen molar-refractivity contribution >= 4 is 11.6 Å². The van der Waals surface area contributed by atoms with Gasteiger partial charge in [-0.25, -0.2) is 0 Å². The second kappa shape index (κ2) is 6.01. The molecule has 0 aliphatic carbocycles. The molecule has 1 unspecified atom stereocenters. The zero-order valence-electron chi connectivity index (χ0n) is 11.9. The fraction of sp³-hybridized carbons (Fsp3) is 0.429. The number of fused-ring (bicyclic) bond motifs is 1. The molecule has 0 bridgehead atoms. The van der Waals surface area contributed by atoms with Crippen molar-refractivity contribution in [1.29, 1.82) is 0 Å². The monoisotopic (exact) mass is 307 g/mol. The predicted molar refractivity (Wildman–Crippen MR) is 80.2 cm³/mol. The van der Waals surface area contributed by atoms with Crippen LogP contribution >= 0.6 is 11.6 Å². The van der Waals surface area contributed by atoms with Crippen LogP contribution in [0.5, 0.6) is 5.75 Å². The fourth-order valence-electron chi connectivity index (χ4n) is 2.74. The number of nitrogens with two attached hydrogens (primary N) is 1. The summed E-state index contributed by atoms with van der Waals surface area (Å²) in [5.74, 6) is 1.65. The number of rotatable bonds is 4. The lowest BCUT2D eigenvalue weighted by molar-refractivity contribution is 0.156. The average Bonchev–Trinajstić information content (AvgIpc) is 2.96. The summed E-state index contributed by atoms with van der Waals surface area (Å²) in [5.41, 5.74) is 7.09. The lowest BCUT2D eigenvalue weighted by atomic mass is 10.0. The molecule has 1 aromatic carbocycles. The van der Waals surface area contributed by atoms with Crippen LogP contribution in [0, 0.1) is 0 Å². The molecule has 0 saturated carbocycles. The largest absolute Gasteiger partial charge is 0.495 e.